The highest BCUT2D eigenvalue weighted by Gasteiger charge is 2.19. The standard InChI is InChI=1S/C11H13NO2/c1-2-14-11(13)10-7-12-6-8-4-3-5-9(8)10/h6-7H,2-5H2,1H3. The summed E-state index contributed by atoms with van der Waals surface area (Å²) in [5, 5.41) is 0. The predicted molar refractivity (Wildman–Crippen MR) is 52.2 cm³/mol. The molecule has 0 aliphatic heterocycles. The highest BCUT2D eigenvalue weighted by Crippen LogP contribution is 2.24. The van der Waals surface area contributed by atoms with E-state index < -0.39 is 0 Å². The number of hydrogen-bond acceptors (Lipinski definition) is 3. The summed E-state index contributed by atoms with van der Waals surface area (Å²) < 4.78 is 4.97. The fourth-order valence-electron chi connectivity index (χ4n) is 1.88. The average molecular weight is 191 g/mol. The van der Waals surface area contributed by atoms with Crippen molar-refractivity contribution in [3.8, 4) is 0 Å². The number of nitrogens with zero attached hydrogens (tertiary/aromatic N) is 1. The van der Waals surface area contributed by atoms with Crippen molar-refractivity contribution in [2.75, 3.05) is 6.61 Å². The van der Waals surface area contributed by atoms with Gasteiger partial charge in [-0.25, -0.2) is 4.79 Å². The molecular formula is C11H13NO2. The quantitative estimate of drug-likeness (QED) is 0.668. The number of aromatic nitrogens is 1. The number of carbonyl (C=O) groups is 1. The van der Waals surface area contributed by atoms with Crippen molar-refractivity contribution in [3.05, 3.63) is 29.1 Å². The van der Waals surface area contributed by atoms with Gasteiger partial charge in [0.2, 0.25) is 0 Å². The maximum absolute atomic E-state index is 11.5. The monoisotopic (exact) mass is 191 g/mol. The van der Waals surface area contributed by atoms with Crippen molar-refractivity contribution >= 4 is 5.97 Å². The van der Waals surface area contributed by atoms with Crippen LogP contribution < -0.4 is 0 Å². The van der Waals surface area contributed by atoms with Crippen LogP contribution in [0.1, 0.15) is 34.8 Å². The van der Waals surface area contributed by atoms with Crippen molar-refractivity contribution in [2.45, 2.75) is 26.2 Å². The summed E-state index contributed by atoms with van der Waals surface area (Å²) >= 11 is 0. The molecule has 1 aliphatic carbocycles. The molecule has 0 aromatic carbocycles. The molecular weight excluding hydrogens is 178 g/mol. The molecule has 0 amide bonds. The van der Waals surface area contributed by atoms with Gasteiger partial charge in [-0.2, -0.15) is 0 Å². The van der Waals surface area contributed by atoms with E-state index >= 15 is 0 Å². The second kappa shape index (κ2) is 3.78. The molecule has 0 radical (unpaired) electrons. The molecule has 0 saturated carbocycles. The van der Waals surface area contributed by atoms with Crippen LogP contribution in [0.4, 0.5) is 0 Å². The van der Waals surface area contributed by atoms with E-state index in [0.29, 0.717) is 12.2 Å². The van der Waals surface area contributed by atoms with Gasteiger partial charge in [-0.05, 0) is 37.3 Å². The summed E-state index contributed by atoms with van der Waals surface area (Å²) in [6.45, 7) is 2.23. The number of carbonyl (C=O) groups excluding carboxylic acids is 1. The Hall–Kier alpha value is -1.38. The second-order valence-electron chi connectivity index (χ2n) is 3.40. The van der Waals surface area contributed by atoms with Crippen LogP contribution >= 0.6 is 0 Å². The topological polar surface area (TPSA) is 39.2 Å². The Morgan fingerprint density at radius 1 is 1.50 bits per heavy atom. The predicted octanol–water partition coefficient (Wildman–Crippen LogP) is 1.75. The third-order valence-corrected chi connectivity index (χ3v) is 2.51. The SMILES string of the molecule is CCOC(=O)c1cncc2c1CCC2. The van der Waals surface area contributed by atoms with Gasteiger partial charge in [-0.1, -0.05) is 0 Å². The second-order valence-corrected chi connectivity index (χ2v) is 3.40. The molecule has 0 saturated heterocycles. The number of ether oxygens (including phenoxy) is 1. The smallest absolute Gasteiger partial charge is 0.339 e. The number of pyridine rings is 1. The number of esters is 1. The summed E-state index contributed by atoms with van der Waals surface area (Å²) in [7, 11) is 0. The number of rotatable bonds is 2. The van der Waals surface area contributed by atoms with E-state index in [1.807, 2.05) is 13.1 Å². The van der Waals surface area contributed by atoms with Gasteiger partial charge < -0.3 is 4.74 Å². The Balaban J connectivity index is 2.34. The van der Waals surface area contributed by atoms with Crippen molar-refractivity contribution in [1.82, 2.24) is 4.98 Å². The lowest BCUT2D eigenvalue weighted by molar-refractivity contribution is 0.0524. The van der Waals surface area contributed by atoms with Crippen molar-refractivity contribution in [1.29, 1.82) is 0 Å². The minimum absolute atomic E-state index is 0.237. The van der Waals surface area contributed by atoms with Crippen molar-refractivity contribution in [2.24, 2.45) is 0 Å². The van der Waals surface area contributed by atoms with Crippen LogP contribution in [0, 0.1) is 0 Å². The van der Waals surface area contributed by atoms with Gasteiger partial charge in [0.15, 0.2) is 0 Å². The van der Waals surface area contributed by atoms with Gasteiger partial charge in [0.25, 0.3) is 0 Å². The molecule has 1 aromatic heterocycles. The molecule has 14 heavy (non-hydrogen) atoms. The van der Waals surface area contributed by atoms with Crippen molar-refractivity contribution in [3.63, 3.8) is 0 Å². The normalized spacial score (nSPS) is 13.8. The van der Waals surface area contributed by atoms with E-state index in [4.69, 9.17) is 4.74 Å². The van der Waals surface area contributed by atoms with Crippen molar-refractivity contribution < 1.29 is 9.53 Å². The summed E-state index contributed by atoms with van der Waals surface area (Å²) in [4.78, 5) is 15.6. The number of hydrogen-bond donors (Lipinski definition) is 0. The van der Waals surface area contributed by atoms with Gasteiger partial charge in [0, 0.05) is 12.4 Å². The highest BCUT2D eigenvalue weighted by atomic mass is 16.5. The Morgan fingerprint density at radius 2 is 2.36 bits per heavy atom. The van der Waals surface area contributed by atoms with Crippen LogP contribution in [0.3, 0.4) is 0 Å². The molecule has 0 spiro atoms. The molecule has 1 aliphatic rings. The largest absolute Gasteiger partial charge is 0.462 e. The van der Waals surface area contributed by atoms with E-state index in [2.05, 4.69) is 4.98 Å². The fraction of sp³-hybridized carbons (Fsp3) is 0.455. The summed E-state index contributed by atoms with van der Waals surface area (Å²) in [6.07, 6.45) is 6.60. The molecule has 0 fully saturated rings. The molecule has 0 N–H and O–H groups in total. The van der Waals surface area contributed by atoms with Gasteiger partial charge in [-0.15, -0.1) is 0 Å². The first-order valence-corrected chi connectivity index (χ1v) is 4.95. The van der Waals surface area contributed by atoms with Crippen LogP contribution in [-0.4, -0.2) is 17.6 Å². The van der Waals surface area contributed by atoms with E-state index in [1.54, 1.807) is 6.20 Å². The van der Waals surface area contributed by atoms with Crippen LogP contribution in [0.2, 0.25) is 0 Å². The minimum atomic E-state index is -0.237. The molecule has 1 aromatic rings. The summed E-state index contributed by atoms with van der Waals surface area (Å²) in [5.41, 5.74) is 3.00. The summed E-state index contributed by atoms with van der Waals surface area (Å²) in [6, 6.07) is 0. The van der Waals surface area contributed by atoms with Gasteiger partial charge in [0.05, 0.1) is 12.2 Å². The van der Waals surface area contributed by atoms with E-state index in [1.165, 1.54) is 5.56 Å². The zero-order valence-electron chi connectivity index (χ0n) is 8.25. The zero-order valence-corrected chi connectivity index (χ0v) is 8.25. The molecule has 0 atom stereocenters. The Morgan fingerprint density at radius 3 is 3.14 bits per heavy atom. The van der Waals surface area contributed by atoms with Gasteiger partial charge >= 0.3 is 5.97 Å². The lowest BCUT2D eigenvalue weighted by atomic mass is 10.1. The first kappa shape index (κ1) is 9.19. The molecule has 3 nitrogen and oxygen atoms in total. The molecule has 74 valence electrons. The van der Waals surface area contributed by atoms with Crippen LogP contribution in [0.5, 0.6) is 0 Å². The molecule has 1 heterocycles. The minimum Gasteiger partial charge on any atom is -0.462 e. The van der Waals surface area contributed by atoms with E-state index in [-0.39, 0.29) is 5.97 Å². The third kappa shape index (κ3) is 1.50. The molecule has 0 unspecified atom stereocenters. The molecule has 2 rings (SSSR count). The zero-order chi connectivity index (χ0) is 9.97. The highest BCUT2D eigenvalue weighted by molar-refractivity contribution is 5.91. The number of aryl methyl sites for hydroxylation is 1. The van der Waals surface area contributed by atoms with Crippen LogP contribution in [0.15, 0.2) is 12.4 Å². The maximum Gasteiger partial charge on any atom is 0.339 e. The third-order valence-electron chi connectivity index (χ3n) is 2.51. The van der Waals surface area contributed by atoms with E-state index in [0.717, 1.165) is 24.8 Å². The average Bonchev–Trinajstić information content (AvgIpc) is 2.65. The van der Waals surface area contributed by atoms with E-state index in [9.17, 15) is 4.79 Å². The molecule has 0 bridgehead atoms. The number of fused-ring (bicyclic) bond motifs is 1. The fourth-order valence-corrected chi connectivity index (χ4v) is 1.88. The first-order chi connectivity index (χ1) is 6.83. The lowest BCUT2D eigenvalue weighted by Crippen LogP contribution is -2.08. The Bertz CT molecular complexity index is 360. The van der Waals surface area contributed by atoms with Crippen LogP contribution in [-0.2, 0) is 17.6 Å². The van der Waals surface area contributed by atoms with Gasteiger partial charge in [-0.3, -0.25) is 4.98 Å². The Kier molecular flexibility index (Phi) is 2.48. The van der Waals surface area contributed by atoms with Crippen LogP contribution in [0.25, 0.3) is 0 Å². The lowest BCUT2D eigenvalue weighted by Gasteiger charge is -2.06. The van der Waals surface area contributed by atoms with Gasteiger partial charge in [0.1, 0.15) is 0 Å². The molecule has 3 heteroatoms. The summed E-state index contributed by atoms with van der Waals surface area (Å²) in [5.74, 6) is -0.237. The first-order valence-electron chi connectivity index (χ1n) is 4.95. The Labute approximate surface area is 83.1 Å². The maximum atomic E-state index is 11.5.